The molecule has 0 radical (unpaired) electrons. The average molecular weight is 271 g/mol. The van der Waals surface area contributed by atoms with Gasteiger partial charge in [-0.05, 0) is 0 Å². The second-order valence-corrected chi connectivity index (χ2v) is 5.38. The molecule has 0 aromatic heterocycles. The SMILES string of the molecule is COS(=O)(=O)[O-].C[N+](C)(C)CCCNC(N)=O. The molecule has 0 aromatic carbocycles. The minimum atomic E-state index is -4.41. The van der Waals surface area contributed by atoms with Crippen LogP contribution in [0.4, 0.5) is 4.79 Å². The molecule has 0 aliphatic carbocycles. The highest BCUT2D eigenvalue weighted by Crippen LogP contribution is 1.91. The van der Waals surface area contributed by atoms with Crippen molar-refractivity contribution in [2.75, 3.05) is 41.3 Å². The molecule has 0 atom stereocenters. The van der Waals surface area contributed by atoms with Gasteiger partial charge in [0, 0.05) is 13.0 Å². The van der Waals surface area contributed by atoms with Gasteiger partial charge in [-0.2, -0.15) is 0 Å². The van der Waals surface area contributed by atoms with Crippen molar-refractivity contribution < 1.29 is 26.4 Å². The van der Waals surface area contributed by atoms with Gasteiger partial charge in [0.1, 0.15) is 0 Å². The van der Waals surface area contributed by atoms with E-state index in [0.29, 0.717) is 6.54 Å². The van der Waals surface area contributed by atoms with Crippen molar-refractivity contribution in [3.8, 4) is 0 Å². The summed E-state index contributed by atoms with van der Waals surface area (Å²) in [5.41, 5.74) is 4.89. The van der Waals surface area contributed by atoms with E-state index in [1.165, 1.54) is 0 Å². The molecule has 3 N–H and O–H groups in total. The van der Waals surface area contributed by atoms with E-state index in [1.54, 1.807) is 0 Å². The van der Waals surface area contributed by atoms with E-state index < -0.39 is 16.4 Å². The molecule has 104 valence electrons. The molecular weight excluding hydrogens is 250 g/mol. The zero-order valence-electron chi connectivity index (χ0n) is 10.6. The van der Waals surface area contributed by atoms with E-state index in [4.69, 9.17) is 5.73 Å². The Labute approximate surface area is 102 Å². The fraction of sp³-hybridized carbons (Fsp3) is 0.875. The van der Waals surface area contributed by atoms with Crippen molar-refractivity contribution >= 4 is 16.4 Å². The third-order valence-corrected chi connectivity index (χ3v) is 1.92. The number of hydrogen-bond acceptors (Lipinski definition) is 5. The maximum atomic E-state index is 10.2. The molecule has 0 heterocycles. The number of rotatable bonds is 5. The van der Waals surface area contributed by atoms with Crippen LogP contribution in [0, 0.1) is 0 Å². The molecule has 17 heavy (non-hydrogen) atoms. The molecule has 0 spiro atoms. The van der Waals surface area contributed by atoms with Crippen LogP contribution in [-0.2, 0) is 14.6 Å². The smallest absolute Gasteiger partial charge is 0.312 e. The van der Waals surface area contributed by atoms with Gasteiger partial charge in [-0.1, -0.05) is 0 Å². The number of carbonyl (C=O) groups is 1. The first kappa shape index (κ1) is 18.5. The van der Waals surface area contributed by atoms with E-state index in [1.807, 2.05) is 0 Å². The van der Waals surface area contributed by atoms with Gasteiger partial charge in [0.15, 0.2) is 0 Å². The zero-order valence-corrected chi connectivity index (χ0v) is 11.4. The summed E-state index contributed by atoms with van der Waals surface area (Å²) >= 11 is 0. The average Bonchev–Trinajstić information content (AvgIpc) is 2.11. The summed E-state index contributed by atoms with van der Waals surface area (Å²) in [5.74, 6) is 0. The van der Waals surface area contributed by atoms with Gasteiger partial charge in [-0.15, -0.1) is 0 Å². The van der Waals surface area contributed by atoms with Crippen LogP contribution in [0.2, 0.25) is 0 Å². The highest BCUT2D eigenvalue weighted by atomic mass is 32.3. The van der Waals surface area contributed by atoms with Crippen molar-refractivity contribution in [2.45, 2.75) is 6.42 Å². The largest absolute Gasteiger partial charge is 0.726 e. The second kappa shape index (κ2) is 8.23. The Morgan fingerprint density at radius 1 is 1.41 bits per heavy atom. The normalized spacial score (nSPS) is 11.4. The third-order valence-electron chi connectivity index (χ3n) is 1.51. The maximum absolute atomic E-state index is 10.2. The van der Waals surface area contributed by atoms with Crippen molar-refractivity contribution in [3.05, 3.63) is 0 Å². The van der Waals surface area contributed by atoms with Crippen LogP contribution in [0.5, 0.6) is 0 Å². The van der Waals surface area contributed by atoms with Gasteiger partial charge in [0.2, 0.25) is 10.4 Å². The first-order valence-electron chi connectivity index (χ1n) is 4.83. The topological polar surface area (TPSA) is 122 Å². The molecule has 0 aliphatic heterocycles. The van der Waals surface area contributed by atoms with Crippen LogP contribution in [0.15, 0.2) is 0 Å². The first-order chi connectivity index (χ1) is 7.48. The number of hydrogen-bond donors (Lipinski definition) is 2. The van der Waals surface area contributed by atoms with Crippen LogP contribution >= 0.6 is 0 Å². The van der Waals surface area contributed by atoms with Crippen molar-refractivity contribution in [3.63, 3.8) is 0 Å². The summed E-state index contributed by atoms with van der Waals surface area (Å²) in [6, 6.07) is -0.439. The molecular formula is C8H21N3O5S. The van der Waals surface area contributed by atoms with E-state index in [-0.39, 0.29) is 0 Å². The number of nitrogens with zero attached hydrogens (tertiary/aromatic N) is 1. The molecule has 9 heteroatoms. The predicted octanol–water partition coefficient (Wildman–Crippen LogP) is -1.16. The van der Waals surface area contributed by atoms with Crippen LogP contribution in [0.3, 0.4) is 0 Å². The summed E-state index contributed by atoms with van der Waals surface area (Å²) in [7, 11) is 2.74. The summed E-state index contributed by atoms with van der Waals surface area (Å²) in [6.45, 7) is 1.71. The molecule has 0 saturated carbocycles. The summed E-state index contributed by atoms with van der Waals surface area (Å²) in [4.78, 5) is 10.2. The molecule has 0 aromatic rings. The van der Waals surface area contributed by atoms with Gasteiger partial charge in [-0.3, -0.25) is 4.18 Å². The lowest BCUT2D eigenvalue weighted by Gasteiger charge is -2.23. The van der Waals surface area contributed by atoms with Gasteiger partial charge >= 0.3 is 6.03 Å². The Balaban J connectivity index is 0. The Morgan fingerprint density at radius 3 is 2.06 bits per heavy atom. The summed E-state index contributed by atoms with van der Waals surface area (Å²) in [5, 5.41) is 2.55. The summed E-state index contributed by atoms with van der Waals surface area (Å²) < 4.78 is 31.9. The number of quaternary nitrogens is 1. The molecule has 0 fully saturated rings. The minimum absolute atomic E-state index is 0.439. The second-order valence-electron chi connectivity index (χ2n) is 4.23. The quantitative estimate of drug-likeness (QED) is 0.283. The van der Waals surface area contributed by atoms with Crippen molar-refractivity contribution in [2.24, 2.45) is 5.73 Å². The number of carbonyl (C=O) groups excluding carboxylic acids is 1. The molecule has 2 amide bonds. The Bertz CT molecular complexity index is 310. The molecule has 0 bridgehead atoms. The van der Waals surface area contributed by atoms with Crippen molar-refractivity contribution in [1.29, 1.82) is 0 Å². The van der Waals surface area contributed by atoms with Gasteiger partial charge < -0.3 is 20.1 Å². The van der Waals surface area contributed by atoms with Crippen LogP contribution in [0.1, 0.15) is 6.42 Å². The predicted molar refractivity (Wildman–Crippen MR) is 61.8 cm³/mol. The fourth-order valence-electron chi connectivity index (χ4n) is 0.765. The minimum Gasteiger partial charge on any atom is -0.726 e. The molecule has 0 unspecified atom stereocenters. The number of nitrogens with two attached hydrogens (primary N) is 1. The van der Waals surface area contributed by atoms with Gasteiger partial charge in [-0.25, -0.2) is 13.2 Å². The Kier molecular flexibility index (Phi) is 8.94. The summed E-state index contributed by atoms with van der Waals surface area (Å²) in [6.07, 6.45) is 0.965. The standard InChI is InChI=1S/C7H17N3O.CH4O4S/c1-10(2,3)6-4-5-9-7(8)11;1-5-6(2,3)4/h4-6H2,1-3H3,(H2-,8,9,11);1H3,(H,2,3,4). The lowest BCUT2D eigenvalue weighted by molar-refractivity contribution is -0.870. The van der Waals surface area contributed by atoms with E-state index in [9.17, 15) is 17.8 Å². The van der Waals surface area contributed by atoms with Gasteiger partial charge in [0.25, 0.3) is 0 Å². The fourth-order valence-corrected chi connectivity index (χ4v) is 0.765. The monoisotopic (exact) mass is 271 g/mol. The van der Waals surface area contributed by atoms with E-state index in [0.717, 1.165) is 24.6 Å². The number of nitrogens with one attached hydrogen (secondary N) is 1. The first-order valence-corrected chi connectivity index (χ1v) is 6.16. The lowest BCUT2D eigenvalue weighted by atomic mass is 10.4. The zero-order chi connectivity index (χ0) is 14.1. The molecule has 0 saturated heterocycles. The van der Waals surface area contributed by atoms with E-state index >= 15 is 0 Å². The number of primary amides is 1. The van der Waals surface area contributed by atoms with Crippen LogP contribution < -0.4 is 11.1 Å². The molecule has 0 aliphatic rings. The van der Waals surface area contributed by atoms with Crippen molar-refractivity contribution in [1.82, 2.24) is 5.32 Å². The third kappa shape index (κ3) is 25.4. The van der Waals surface area contributed by atoms with Crippen LogP contribution in [0.25, 0.3) is 0 Å². The molecule has 8 nitrogen and oxygen atoms in total. The maximum Gasteiger partial charge on any atom is 0.312 e. The highest BCUT2D eigenvalue weighted by Gasteiger charge is 2.05. The Morgan fingerprint density at radius 2 is 1.82 bits per heavy atom. The van der Waals surface area contributed by atoms with Crippen LogP contribution in [-0.4, -0.2) is 64.8 Å². The molecule has 0 rings (SSSR count). The Hall–Kier alpha value is -0.900. The number of urea groups is 1. The lowest BCUT2D eigenvalue weighted by Crippen LogP contribution is -2.38. The number of amides is 2. The van der Waals surface area contributed by atoms with E-state index in [2.05, 4.69) is 30.6 Å². The highest BCUT2D eigenvalue weighted by molar-refractivity contribution is 7.80. The van der Waals surface area contributed by atoms with Gasteiger partial charge in [0.05, 0.1) is 34.8 Å².